The lowest BCUT2D eigenvalue weighted by atomic mass is 9.74. The van der Waals surface area contributed by atoms with Crippen LogP contribution in [-0.4, -0.2) is 57.5 Å². The zero-order valence-corrected chi connectivity index (χ0v) is 21.3. The third kappa shape index (κ3) is 9.59. The summed E-state index contributed by atoms with van der Waals surface area (Å²) in [5, 5.41) is 9.41. The highest BCUT2D eigenvalue weighted by Gasteiger charge is 2.34. The maximum Gasteiger partial charge on any atom is 0.407 e. The fourth-order valence-corrected chi connectivity index (χ4v) is 3.41. The van der Waals surface area contributed by atoms with Gasteiger partial charge < -0.3 is 25.4 Å². The number of amides is 1. The Morgan fingerprint density at radius 3 is 2.32 bits per heavy atom. The van der Waals surface area contributed by atoms with E-state index in [1.54, 1.807) is 7.05 Å². The molecule has 1 aromatic rings. The molecule has 0 spiro atoms. The number of benzene rings is 1. The van der Waals surface area contributed by atoms with Crippen molar-refractivity contribution in [3.63, 3.8) is 0 Å². The standard InChI is InChI=1S/C22H35FN4O3.HI/c1-21(2,3)30-20(28)26-13-5-12-25-19(24-4)27-16-22(10-14-29-15-11-22)17-6-8-18(23)9-7-17;/h6-9H,5,10-16H2,1-4H3,(H,26,28)(H2,24,25,27);1H. The van der Waals surface area contributed by atoms with E-state index in [4.69, 9.17) is 9.47 Å². The minimum Gasteiger partial charge on any atom is -0.444 e. The molecule has 1 aliphatic heterocycles. The summed E-state index contributed by atoms with van der Waals surface area (Å²) in [4.78, 5) is 15.9. The van der Waals surface area contributed by atoms with Crippen molar-refractivity contribution in [2.24, 2.45) is 4.99 Å². The lowest BCUT2D eigenvalue weighted by Gasteiger charge is -2.38. The molecule has 0 aromatic heterocycles. The summed E-state index contributed by atoms with van der Waals surface area (Å²) >= 11 is 0. The van der Waals surface area contributed by atoms with Crippen molar-refractivity contribution in [3.05, 3.63) is 35.6 Å². The Morgan fingerprint density at radius 1 is 1.13 bits per heavy atom. The minimum absolute atomic E-state index is 0. The van der Waals surface area contributed by atoms with Crippen LogP contribution in [0.15, 0.2) is 29.3 Å². The first kappa shape index (κ1) is 27.4. The second-order valence-corrected chi connectivity index (χ2v) is 8.53. The van der Waals surface area contributed by atoms with Crippen molar-refractivity contribution >= 4 is 36.0 Å². The number of carbonyl (C=O) groups is 1. The second kappa shape index (κ2) is 13.0. The number of alkyl carbamates (subject to hydrolysis) is 1. The number of nitrogens with zero attached hydrogens (tertiary/aromatic N) is 1. The molecule has 1 aliphatic rings. The molecule has 0 atom stereocenters. The number of carbonyl (C=O) groups excluding carboxylic acids is 1. The molecule has 176 valence electrons. The molecule has 9 heteroatoms. The minimum atomic E-state index is -0.501. The van der Waals surface area contributed by atoms with E-state index in [2.05, 4.69) is 20.9 Å². The Hall–Kier alpha value is -1.62. The summed E-state index contributed by atoms with van der Waals surface area (Å²) in [7, 11) is 1.73. The van der Waals surface area contributed by atoms with Gasteiger partial charge in [0.25, 0.3) is 0 Å². The van der Waals surface area contributed by atoms with Crippen LogP contribution < -0.4 is 16.0 Å². The monoisotopic (exact) mass is 550 g/mol. The average Bonchev–Trinajstić information content (AvgIpc) is 2.70. The topological polar surface area (TPSA) is 84.0 Å². The molecule has 3 N–H and O–H groups in total. The van der Waals surface area contributed by atoms with Gasteiger partial charge in [-0.25, -0.2) is 9.18 Å². The van der Waals surface area contributed by atoms with Crippen LogP contribution in [0.3, 0.4) is 0 Å². The third-order valence-corrected chi connectivity index (χ3v) is 5.04. The van der Waals surface area contributed by atoms with Gasteiger partial charge >= 0.3 is 6.09 Å². The number of halogens is 2. The van der Waals surface area contributed by atoms with Gasteiger partial charge in [-0.1, -0.05) is 12.1 Å². The summed E-state index contributed by atoms with van der Waals surface area (Å²) in [6.45, 7) is 8.71. The Labute approximate surface area is 202 Å². The predicted octanol–water partition coefficient (Wildman–Crippen LogP) is 3.57. The molecule has 1 saturated heterocycles. The lowest BCUT2D eigenvalue weighted by molar-refractivity contribution is 0.0512. The van der Waals surface area contributed by atoms with Crippen molar-refractivity contribution in [3.8, 4) is 0 Å². The van der Waals surface area contributed by atoms with Gasteiger partial charge in [0.05, 0.1) is 0 Å². The first-order valence-electron chi connectivity index (χ1n) is 10.5. The molecule has 0 bridgehead atoms. The van der Waals surface area contributed by atoms with E-state index in [-0.39, 0.29) is 35.2 Å². The highest BCUT2D eigenvalue weighted by Crippen LogP contribution is 2.34. The van der Waals surface area contributed by atoms with E-state index in [0.29, 0.717) is 38.8 Å². The summed E-state index contributed by atoms with van der Waals surface area (Å²) in [6, 6.07) is 6.75. The maximum atomic E-state index is 13.4. The molecule has 2 rings (SSSR count). The second-order valence-electron chi connectivity index (χ2n) is 8.53. The van der Waals surface area contributed by atoms with Crippen LogP contribution in [0, 0.1) is 5.82 Å². The normalized spacial score (nSPS) is 16.1. The van der Waals surface area contributed by atoms with E-state index in [9.17, 15) is 9.18 Å². The first-order chi connectivity index (χ1) is 14.2. The Kier molecular flexibility index (Phi) is 11.5. The van der Waals surface area contributed by atoms with Gasteiger partial charge in [-0.2, -0.15) is 0 Å². The molecule has 1 heterocycles. The maximum absolute atomic E-state index is 13.4. The number of aliphatic imine (C=N–C) groups is 1. The molecule has 7 nitrogen and oxygen atoms in total. The zero-order valence-electron chi connectivity index (χ0n) is 18.9. The van der Waals surface area contributed by atoms with Gasteiger partial charge in [-0.15, -0.1) is 24.0 Å². The highest BCUT2D eigenvalue weighted by atomic mass is 127. The quantitative estimate of drug-likeness (QED) is 0.209. The van der Waals surface area contributed by atoms with Crippen molar-refractivity contribution < 1.29 is 18.7 Å². The van der Waals surface area contributed by atoms with Crippen LogP contribution in [0.5, 0.6) is 0 Å². The Bertz CT molecular complexity index is 702. The van der Waals surface area contributed by atoms with Crippen molar-refractivity contribution in [2.45, 2.75) is 51.0 Å². The fraction of sp³-hybridized carbons (Fsp3) is 0.636. The number of ether oxygens (including phenoxy) is 2. The molecule has 0 aliphatic carbocycles. The summed E-state index contributed by atoms with van der Waals surface area (Å²) in [5.74, 6) is 0.464. The number of hydrogen-bond donors (Lipinski definition) is 3. The van der Waals surface area contributed by atoms with Crippen molar-refractivity contribution in [1.29, 1.82) is 0 Å². The Balaban J connectivity index is 0.00000480. The summed E-state index contributed by atoms with van der Waals surface area (Å²) < 4.78 is 24.1. The van der Waals surface area contributed by atoms with Crippen molar-refractivity contribution in [1.82, 2.24) is 16.0 Å². The van der Waals surface area contributed by atoms with Gasteiger partial charge in [-0.3, -0.25) is 4.99 Å². The van der Waals surface area contributed by atoms with Gasteiger partial charge in [0.15, 0.2) is 5.96 Å². The molecular weight excluding hydrogens is 514 g/mol. The molecular formula is C22H36FIN4O3. The van der Waals surface area contributed by atoms with Gasteiger partial charge in [0.1, 0.15) is 11.4 Å². The molecule has 0 saturated carbocycles. The smallest absolute Gasteiger partial charge is 0.407 e. The van der Waals surface area contributed by atoms with Gasteiger partial charge in [0.2, 0.25) is 0 Å². The van der Waals surface area contributed by atoms with E-state index in [1.165, 1.54) is 12.1 Å². The SMILES string of the molecule is CN=C(NCCCNC(=O)OC(C)(C)C)NCC1(c2ccc(F)cc2)CCOCC1.I. The van der Waals surface area contributed by atoms with E-state index < -0.39 is 11.7 Å². The van der Waals surface area contributed by atoms with E-state index >= 15 is 0 Å². The van der Waals surface area contributed by atoms with Gasteiger partial charge in [0, 0.05) is 45.3 Å². The third-order valence-electron chi connectivity index (χ3n) is 5.04. The van der Waals surface area contributed by atoms with Crippen LogP contribution in [0.2, 0.25) is 0 Å². The van der Waals surface area contributed by atoms with Crippen LogP contribution >= 0.6 is 24.0 Å². The molecule has 0 radical (unpaired) electrons. The van der Waals surface area contributed by atoms with Gasteiger partial charge in [-0.05, 0) is 57.7 Å². The number of nitrogens with one attached hydrogen (secondary N) is 3. The average molecular weight is 550 g/mol. The fourth-order valence-electron chi connectivity index (χ4n) is 3.41. The molecule has 1 aromatic carbocycles. The van der Waals surface area contributed by atoms with Crippen molar-refractivity contribution in [2.75, 3.05) is 39.9 Å². The highest BCUT2D eigenvalue weighted by molar-refractivity contribution is 14.0. The van der Waals surface area contributed by atoms with Crippen LogP contribution in [-0.2, 0) is 14.9 Å². The Morgan fingerprint density at radius 2 is 1.74 bits per heavy atom. The molecule has 1 fully saturated rings. The van der Waals surface area contributed by atoms with E-state index in [1.807, 2.05) is 32.9 Å². The molecule has 0 unspecified atom stereocenters. The van der Waals surface area contributed by atoms with Crippen LogP contribution in [0.4, 0.5) is 9.18 Å². The lowest BCUT2D eigenvalue weighted by Crippen LogP contribution is -2.48. The van der Waals surface area contributed by atoms with Crippen LogP contribution in [0.1, 0.15) is 45.6 Å². The number of hydrogen-bond acceptors (Lipinski definition) is 4. The molecule has 1 amide bonds. The first-order valence-corrected chi connectivity index (χ1v) is 10.5. The largest absolute Gasteiger partial charge is 0.444 e. The zero-order chi connectivity index (χ0) is 22.0. The van der Waals surface area contributed by atoms with E-state index in [0.717, 1.165) is 24.8 Å². The predicted molar refractivity (Wildman–Crippen MR) is 132 cm³/mol. The summed E-state index contributed by atoms with van der Waals surface area (Å²) in [6.07, 6.45) is 2.05. The number of rotatable bonds is 7. The molecule has 31 heavy (non-hydrogen) atoms. The van der Waals surface area contributed by atoms with Crippen LogP contribution in [0.25, 0.3) is 0 Å². The number of guanidine groups is 1. The summed E-state index contributed by atoms with van der Waals surface area (Å²) in [5.41, 5.74) is 0.484.